The molecular formula is C17H15F2NO4. The van der Waals surface area contributed by atoms with Crippen LogP contribution in [0, 0.1) is 18.6 Å². The molecule has 0 atom stereocenters. The van der Waals surface area contributed by atoms with Gasteiger partial charge in [-0.3, -0.25) is 4.79 Å². The van der Waals surface area contributed by atoms with Crippen molar-refractivity contribution >= 4 is 17.6 Å². The minimum Gasteiger partial charge on any atom is -0.482 e. The molecule has 2 aromatic carbocycles. The molecule has 0 fully saturated rings. The Balaban J connectivity index is 1.74. The third kappa shape index (κ3) is 5.35. The summed E-state index contributed by atoms with van der Waals surface area (Å²) in [6.07, 6.45) is 0. The lowest BCUT2D eigenvalue weighted by molar-refractivity contribution is -0.149. The molecule has 0 aromatic heterocycles. The highest BCUT2D eigenvalue weighted by atomic mass is 19.1. The van der Waals surface area contributed by atoms with Gasteiger partial charge in [0.25, 0.3) is 5.91 Å². The van der Waals surface area contributed by atoms with Gasteiger partial charge in [0.05, 0.1) is 5.69 Å². The van der Waals surface area contributed by atoms with Gasteiger partial charge in [-0.25, -0.2) is 13.6 Å². The average Bonchev–Trinajstić information content (AvgIpc) is 2.55. The van der Waals surface area contributed by atoms with Gasteiger partial charge in [0.15, 0.2) is 13.2 Å². The number of hydrogen-bond donors (Lipinski definition) is 1. The van der Waals surface area contributed by atoms with Crippen LogP contribution in [-0.2, 0) is 14.3 Å². The summed E-state index contributed by atoms with van der Waals surface area (Å²) in [4.78, 5) is 23.1. The molecule has 0 saturated heterocycles. The molecule has 0 aliphatic carbocycles. The first kappa shape index (κ1) is 17.4. The van der Waals surface area contributed by atoms with Gasteiger partial charge >= 0.3 is 5.97 Å². The molecule has 0 radical (unpaired) electrons. The minimum absolute atomic E-state index is 0.00390. The lowest BCUT2D eigenvalue weighted by Crippen LogP contribution is -2.24. The fourth-order valence-electron chi connectivity index (χ4n) is 1.77. The van der Waals surface area contributed by atoms with Crippen LogP contribution in [0.4, 0.5) is 14.5 Å². The number of amides is 1. The number of ether oxygens (including phenoxy) is 2. The van der Waals surface area contributed by atoms with Crippen LogP contribution in [0.25, 0.3) is 0 Å². The van der Waals surface area contributed by atoms with E-state index in [0.717, 1.165) is 5.56 Å². The fraction of sp³-hybridized carbons (Fsp3) is 0.176. The Hall–Kier alpha value is -2.96. The van der Waals surface area contributed by atoms with Crippen molar-refractivity contribution in [1.29, 1.82) is 0 Å². The first-order chi connectivity index (χ1) is 11.4. The summed E-state index contributed by atoms with van der Waals surface area (Å²) >= 11 is 0. The highest BCUT2D eigenvalue weighted by Crippen LogP contribution is 2.15. The molecule has 126 valence electrons. The monoisotopic (exact) mass is 335 g/mol. The zero-order chi connectivity index (χ0) is 17.5. The zero-order valence-electron chi connectivity index (χ0n) is 12.8. The first-order valence-electron chi connectivity index (χ1n) is 7.04. The molecule has 0 aliphatic rings. The summed E-state index contributed by atoms with van der Waals surface area (Å²) in [6, 6.07) is 9.42. The van der Waals surface area contributed by atoms with Crippen molar-refractivity contribution in [3.63, 3.8) is 0 Å². The lowest BCUT2D eigenvalue weighted by atomic mass is 10.2. The molecule has 2 rings (SSSR count). The number of halogens is 2. The van der Waals surface area contributed by atoms with Crippen LogP contribution in [0.3, 0.4) is 0 Å². The number of aryl methyl sites for hydroxylation is 1. The molecule has 2 aromatic rings. The van der Waals surface area contributed by atoms with Gasteiger partial charge in [0.1, 0.15) is 17.4 Å². The summed E-state index contributed by atoms with van der Waals surface area (Å²) in [5.41, 5.74) is 0.721. The lowest BCUT2D eigenvalue weighted by Gasteiger charge is -2.09. The second-order valence-electron chi connectivity index (χ2n) is 4.93. The Bertz CT molecular complexity index is 732. The number of hydrogen-bond acceptors (Lipinski definition) is 4. The number of nitrogens with one attached hydrogen (secondary N) is 1. The van der Waals surface area contributed by atoms with Gasteiger partial charge < -0.3 is 14.8 Å². The summed E-state index contributed by atoms with van der Waals surface area (Å²) in [7, 11) is 0. The van der Waals surface area contributed by atoms with Crippen molar-refractivity contribution in [2.24, 2.45) is 0 Å². The summed E-state index contributed by atoms with van der Waals surface area (Å²) in [5, 5.41) is 2.30. The molecule has 0 unspecified atom stereocenters. The Morgan fingerprint density at radius 2 is 1.75 bits per heavy atom. The summed E-state index contributed by atoms with van der Waals surface area (Å²) in [6.45, 7) is 0.717. The highest BCUT2D eigenvalue weighted by Gasteiger charge is 2.11. The van der Waals surface area contributed by atoms with Crippen LogP contribution >= 0.6 is 0 Å². The van der Waals surface area contributed by atoms with Crippen molar-refractivity contribution in [3.8, 4) is 5.75 Å². The van der Waals surface area contributed by atoms with Gasteiger partial charge in [-0.15, -0.1) is 0 Å². The van der Waals surface area contributed by atoms with E-state index in [2.05, 4.69) is 5.32 Å². The van der Waals surface area contributed by atoms with Gasteiger partial charge in [-0.05, 0) is 48.9 Å². The number of anilines is 1. The maximum absolute atomic E-state index is 13.6. The Morgan fingerprint density at radius 1 is 1.04 bits per heavy atom. The van der Waals surface area contributed by atoms with Crippen LogP contribution < -0.4 is 10.1 Å². The van der Waals surface area contributed by atoms with E-state index in [1.165, 1.54) is 36.4 Å². The van der Waals surface area contributed by atoms with Crippen LogP contribution in [-0.4, -0.2) is 25.1 Å². The normalized spacial score (nSPS) is 10.1. The quantitative estimate of drug-likeness (QED) is 0.825. The summed E-state index contributed by atoms with van der Waals surface area (Å²) in [5.74, 6) is -2.16. The molecular weight excluding hydrogens is 320 g/mol. The molecule has 0 aliphatic heterocycles. The average molecular weight is 335 g/mol. The molecule has 0 heterocycles. The number of esters is 1. The SMILES string of the molecule is Cc1ccc(NC(=O)COC(=O)COc2ccc(F)cc2)c(F)c1. The Morgan fingerprint density at radius 3 is 2.42 bits per heavy atom. The Labute approximate surface area is 137 Å². The zero-order valence-corrected chi connectivity index (χ0v) is 12.8. The second kappa shape index (κ2) is 8.05. The number of rotatable bonds is 6. The maximum atomic E-state index is 13.6. The van der Waals surface area contributed by atoms with Crippen LogP contribution in [0.15, 0.2) is 42.5 Å². The van der Waals surface area contributed by atoms with E-state index in [9.17, 15) is 18.4 Å². The number of carbonyl (C=O) groups is 2. The van der Waals surface area contributed by atoms with Crippen molar-refractivity contribution in [3.05, 3.63) is 59.7 Å². The third-order valence-electron chi connectivity index (χ3n) is 2.93. The highest BCUT2D eigenvalue weighted by molar-refractivity contribution is 5.93. The van der Waals surface area contributed by atoms with Crippen molar-refractivity contribution in [2.75, 3.05) is 18.5 Å². The van der Waals surface area contributed by atoms with E-state index in [1.807, 2.05) is 0 Å². The Kier molecular flexibility index (Phi) is 5.83. The first-order valence-corrected chi connectivity index (χ1v) is 7.04. The minimum atomic E-state index is -0.779. The number of benzene rings is 2. The predicted octanol–water partition coefficient (Wildman–Crippen LogP) is 2.83. The van der Waals surface area contributed by atoms with Gasteiger partial charge in [0.2, 0.25) is 0 Å². The van der Waals surface area contributed by atoms with Crippen LogP contribution in [0.5, 0.6) is 5.75 Å². The summed E-state index contributed by atoms with van der Waals surface area (Å²) < 4.78 is 36.1. The van der Waals surface area contributed by atoms with E-state index < -0.39 is 36.7 Å². The molecule has 7 heteroatoms. The predicted molar refractivity (Wildman–Crippen MR) is 82.6 cm³/mol. The molecule has 1 amide bonds. The van der Waals surface area contributed by atoms with Crippen molar-refractivity contribution in [2.45, 2.75) is 6.92 Å². The van der Waals surface area contributed by atoms with E-state index in [1.54, 1.807) is 13.0 Å². The molecule has 5 nitrogen and oxygen atoms in total. The van der Waals surface area contributed by atoms with Crippen molar-refractivity contribution < 1.29 is 27.8 Å². The third-order valence-corrected chi connectivity index (χ3v) is 2.93. The molecule has 0 spiro atoms. The second-order valence-corrected chi connectivity index (χ2v) is 4.93. The number of carbonyl (C=O) groups excluding carboxylic acids is 2. The van der Waals surface area contributed by atoms with E-state index >= 15 is 0 Å². The molecule has 0 saturated carbocycles. The molecule has 0 bridgehead atoms. The van der Waals surface area contributed by atoms with Gasteiger partial charge in [-0.2, -0.15) is 0 Å². The molecule has 24 heavy (non-hydrogen) atoms. The van der Waals surface area contributed by atoms with E-state index in [4.69, 9.17) is 9.47 Å². The van der Waals surface area contributed by atoms with Crippen LogP contribution in [0.1, 0.15) is 5.56 Å². The van der Waals surface area contributed by atoms with Crippen LogP contribution in [0.2, 0.25) is 0 Å². The maximum Gasteiger partial charge on any atom is 0.344 e. The van der Waals surface area contributed by atoms with Gasteiger partial charge in [0, 0.05) is 0 Å². The van der Waals surface area contributed by atoms with Crippen molar-refractivity contribution in [1.82, 2.24) is 0 Å². The largest absolute Gasteiger partial charge is 0.482 e. The van der Waals surface area contributed by atoms with Gasteiger partial charge in [-0.1, -0.05) is 6.07 Å². The standard InChI is InChI=1S/C17H15F2NO4/c1-11-2-7-15(14(19)8-11)20-16(21)9-24-17(22)10-23-13-5-3-12(18)4-6-13/h2-8H,9-10H2,1H3,(H,20,21). The van der Waals surface area contributed by atoms with E-state index in [-0.39, 0.29) is 5.69 Å². The smallest absolute Gasteiger partial charge is 0.344 e. The van der Waals surface area contributed by atoms with E-state index in [0.29, 0.717) is 5.75 Å². The topological polar surface area (TPSA) is 64.6 Å². The fourth-order valence-corrected chi connectivity index (χ4v) is 1.77. The molecule has 1 N–H and O–H groups in total.